The van der Waals surface area contributed by atoms with Crippen LogP contribution in [0.2, 0.25) is 0 Å². The standard InChI is InChI=1S/C43H36N4/c1-4-5-16-41(46)30(3)24-36(28-45)33-17-20-38-35(26-33)19-22-40-39-21-18-34(32-13-9-12-31(25-32)29(2)11-10-23-44)27-42(39)47(43(38)40)37-14-7-6-8-15-37/h4-28,44,46H,1-2,45H2,3H3/b11-10-,16-5-,30-24+,36-28+,44-23?,46-41?. The lowest BCUT2D eigenvalue weighted by Gasteiger charge is -2.12. The van der Waals surface area contributed by atoms with Gasteiger partial charge in [-0.2, -0.15) is 0 Å². The third-order valence-electron chi connectivity index (χ3n) is 8.43. The second kappa shape index (κ2) is 13.4. The summed E-state index contributed by atoms with van der Waals surface area (Å²) in [6, 6.07) is 36.4. The number of hydrogen-bond donors (Lipinski definition) is 3. The van der Waals surface area contributed by atoms with Gasteiger partial charge in [0, 0.05) is 34.3 Å². The van der Waals surface area contributed by atoms with Crippen LogP contribution in [-0.2, 0) is 0 Å². The zero-order valence-electron chi connectivity index (χ0n) is 26.4. The molecule has 0 fully saturated rings. The van der Waals surface area contributed by atoms with Crippen molar-refractivity contribution in [2.45, 2.75) is 6.92 Å². The van der Waals surface area contributed by atoms with Crippen molar-refractivity contribution < 1.29 is 0 Å². The van der Waals surface area contributed by atoms with Gasteiger partial charge in [-0.05, 0) is 99.8 Å². The summed E-state index contributed by atoms with van der Waals surface area (Å²) < 4.78 is 2.36. The zero-order valence-corrected chi connectivity index (χ0v) is 26.4. The molecule has 0 bridgehead atoms. The first-order chi connectivity index (χ1) is 22.9. The fourth-order valence-corrected chi connectivity index (χ4v) is 6.03. The monoisotopic (exact) mass is 608 g/mol. The summed E-state index contributed by atoms with van der Waals surface area (Å²) in [5.74, 6) is 0. The Kier molecular flexibility index (Phi) is 8.76. The number of fused-ring (bicyclic) bond motifs is 5. The molecule has 0 saturated carbocycles. The van der Waals surface area contributed by atoms with Gasteiger partial charge in [-0.3, -0.25) is 0 Å². The van der Waals surface area contributed by atoms with Gasteiger partial charge in [-0.15, -0.1) is 0 Å². The maximum atomic E-state index is 8.34. The van der Waals surface area contributed by atoms with Crippen LogP contribution in [0.25, 0.3) is 60.5 Å². The SMILES string of the molecule is C=C/C=C\C(=N)/C(C)=C/C(=C\N)c1ccc2c(ccc3c4ccc(-c5cccc(C(=C)/C=C\C=N)c5)cc4n(-c4ccccc4)c23)c1. The van der Waals surface area contributed by atoms with Crippen molar-refractivity contribution >= 4 is 55.7 Å². The zero-order chi connectivity index (χ0) is 32.9. The fraction of sp³-hybridized carbons (Fsp3) is 0.0233. The number of benzene rings is 5. The van der Waals surface area contributed by atoms with Crippen LogP contribution in [0.15, 0.2) is 165 Å². The van der Waals surface area contributed by atoms with Gasteiger partial charge in [0.25, 0.3) is 0 Å². The van der Waals surface area contributed by atoms with Crippen molar-refractivity contribution in [3.63, 3.8) is 0 Å². The highest BCUT2D eigenvalue weighted by Gasteiger charge is 2.17. The third kappa shape index (κ3) is 6.05. The average Bonchev–Trinajstić information content (AvgIpc) is 3.45. The van der Waals surface area contributed by atoms with Crippen molar-refractivity contribution in [1.82, 2.24) is 4.57 Å². The maximum Gasteiger partial charge on any atom is 0.0619 e. The molecule has 47 heavy (non-hydrogen) atoms. The summed E-state index contributed by atoms with van der Waals surface area (Å²) in [7, 11) is 0. The summed E-state index contributed by atoms with van der Waals surface area (Å²) in [4.78, 5) is 0. The minimum atomic E-state index is 0.412. The van der Waals surface area contributed by atoms with Crippen LogP contribution in [0.5, 0.6) is 0 Å². The number of hydrogen-bond acceptors (Lipinski definition) is 3. The van der Waals surface area contributed by atoms with Crippen LogP contribution in [-0.4, -0.2) is 16.5 Å². The minimum absolute atomic E-state index is 0.412. The van der Waals surface area contributed by atoms with Crippen molar-refractivity contribution in [1.29, 1.82) is 10.8 Å². The second-order valence-electron chi connectivity index (χ2n) is 11.4. The molecule has 0 aliphatic carbocycles. The lowest BCUT2D eigenvalue weighted by atomic mass is 9.97. The third-order valence-corrected chi connectivity index (χ3v) is 8.43. The first-order valence-corrected chi connectivity index (χ1v) is 15.5. The van der Waals surface area contributed by atoms with Gasteiger partial charge in [0.2, 0.25) is 0 Å². The fourth-order valence-electron chi connectivity index (χ4n) is 6.03. The summed E-state index contributed by atoms with van der Waals surface area (Å²) in [5.41, 5.74) is 16.6. The number of nitrogens with one attached hydrogen (secondary N) is 2. The first kappa shape index (κ1) is 30.8. The second-order valence-corrected chi connectivity index (χ2v) is 11.4. The lowest BCUT2D eigenvalue weighted by Crippen LogP contribution is -1.96. The van der Waals surface area contributed by atoms with Crippen molar-refractivity contribution in [3.05, 3.63) is 176 Å². The van der Waals surface area contributed by atoms with Gasteiger partial charge in [0.15, 0.2) is 0 Å². The summed E-state index contributed by atoms with van der Waals surface area (Å²) in [5, 5.41) is 20.3. The molecular weight excluding hydrogens is 573 g/mol. The topological polar surface area (TPSA) is 78.7 Å². The molecule has 0 spiro atoms. The van der Waals surface area contributed by atoms with E-state index in [1.165, 1.54) is 17.0 Å². The number of nitrogens with two attached hydrogens (primary N) is 1. The Morgan fingerprint density at radius 3 is 2.30 bits per heavy atom. The Balaban J connectivity index is 1.53. The van der Waals surface area contributed by atoms with E-state index in [1.54, 1.807) is 30.5 Å². The lowest BCUT2D eigenvalue weighted by molar-refractivity contribution is 1.19. The van der Waals surface area contributed by atoms with Crippen LogP contribution in [0, 0.1) is 10.8 Å². The molecule has 5 aromatic carbocycles. The Morgan fingerprint density at radius 2 is 1.53 bits per heavy atom. The average molecular weight is 609 g/mol. The highest BCUT2D eigenvalue weighted by molar-refractivity contribution is 6.19. The molecule has 1 aromatic heterocycles. The van der Waals surface area contributed by atoms with Crippen LogP contribution in [0.1, 0.15) is 18.1 Å². The molecule has 4 nitrogen and oxygen atoms in total. The van der Waals surface area contributed by atoms with E-state index >= 15 is 0 Å². The Hall–Kier alpha value is -6.26. The predicted molar refractivity (Wildman–Crippen MR) is 204 cm³/mol. The van der Waals surface area contributed by atoms with E-state index in [4.69, 9.17) is 16.6 Å². The molecule has 0 radical (unpaired) electrons. The molecule has 0 atom stereocenters. The van der Waals surface area contributed by atoms with E-state index in [-0.39, 0.29) is 0 Å². The molecule has 0 aliphatic heterocycles. The highest BCUT2D eigenvalue weighted by atomic mass is 15.0. The van der Waals surface area contributed by atoms with Crippen molar-refractivity contribution in [2.75, 3.05) is 0 Å². The van der Waals surface area contributed by atoms with Crippen LogP contribution in [0.3, 0.4) is 0 Å². The van der Waals surface area contributed by atoms with Crippen LogP contribution in [0.4, 0.5) is 0 Å². The molecule has 0 amide bonds. The van der Waals surface area contributed by atoms with Gasteiger partial charge < -0.3 is 21.1 Å². The Labute approximate surface area is 275 Å². The number of rotatable bonds is 10. The summed E-state index contributed by atoms with van der Waals surface area (Å²) in [6.07, 6.45) is 13.5. The van der Waals surface area contributed by atoms with E-state index < -0.39 is 0 Å². The van der Waals surface area contributed by atoms with Gasteiger partial charge in [0.05, 0.1) is 16.7 Å². The predicted octanol–water partition coefficient (Wildman–Crippen LogP) is 10.8. The van der Waals surface area contributed by atoms with Crippen LogP contribution < -0.4 is 5.73 Å². The number of allylic oxidation sites excluding steroid dienone is 9. The number of para-hydroxylation sites is 1. The van der Waals surface area contributed by atoms with E-state index in [2.05, 4.69) is 109 Å². The van der Waals surface area contributed by atoms with E-state index in [0.717, 1.165) is 66.5 Å². The Bertz CT molecular complexity index is 2320. The highest BCUT2D eigenvalue weighted by Crippen LogP contribution is 2.39. The largest absolute Gasteiger partial charge is 0.404 e. The molecular formula is C43H36N4. The van der Waals surface area contributed by atoms with E-state index in [1.807, 2.05) is 31.2 Å². The first-order valence-electron chi connectivity index (χ1n) is 15.5. The minimum Gasteiger partial charge on any atom is -0.404 e. The molecule has 4 N–H and O–H groups in total. The normalized spacial score (nSPS) is 12.4. The summed E-state index contributed by atoms with van der Waals surface area (Å²) >= 11 is 0. The smallest absolute Gasteiger partial charge is 0.0619 e. The van der Waals surface area contributed by atoms with Gasteiger partial charge in [-0.1, -0.05) is 104 Å². The van der Waals surface area contributed by atoms with Gasteiger partial charge in [0.1, 0.15) is 0 Å². The van der Waals surface area contributed by atoms with Crippen molar-refractivity contribution in [2.24, 2.45) is 5.73 Å². The molecule has 6 rings (SSSR count). The van der Waals surface area contributed by atoms with E-state index in [0.29, 0.717) is 5.71 Å². The quantitative estimate of drug-likeness (QED) is 0.105. The number of nitrogens with zero attached hydrogens (tertiary/aromatic N) is 1. The van der Waals surface area contributed by atoms with Crippen molar-refractivity contribution in [3.8, 4) is 16.8 Å². The van der Waals surface area contributed by atoms with Crippen LogP contribution >= 0.6 is 0 Å². The number of aromatic nitrogens is 1. The molecule has 0 unspecified atom stereocenters. The molecule has 0 aliphatic rings. The van der Waals surface area contributed by atoms with Gasteiger partial charge >= 0.3 is 0 Å². The molecule has 1 heterocycles. The molecule has 228 valence electrons. The molecule has 6 aromatic rings. The molecule has 4 heteroatoms. The van der Waals surface area contributed by atoms with Gasteiger partial charge in [-0.25, -0.2) is 0 Å². The Morgan fingerprint density at radius 1 is 0.766 bits per heavy atom. The maximum absolute atomic E-state index is 8.34. The van der Waals surface area contributed by atoms with E-state index in [9.17, 15) is 0 Å². The summed E-state index contributed by atoms with van der Waals surface area (Å²) in [6.45, 7) is 9.80. The molecule has 0 saturated heterocycles.